The van der Waals surface area contributed by atoms with Gasteiger partial charge in [0.15, 0.2) is 5.82 Å². The second-order valence-corrected chi connectivity index (χ2v) is 19.2. The molecule has 17 heteroatoms. The number of aryl methyl sites for hydroxylation is 2. The first-order valence-electron chi connectivity index (χ1n) is 22.2. The molecule has 334 valence electrons. The topological polar surface area (TPSA) is 165 Å². The fraction of sp³-hybridized carbons (Fsp3) is 0.375. The quantitative estimate of drug-likeness (QED) is 0.161. The molecule has 5 aromatic rings. The van der Waals surface area contributed by atoms with E-state index in [1.165, 1.54) is 4.88 Å². The number of carbonyl (C=O) groups excluding carboxylic acids is 5. The molecule has 5 amide bonds. The fourth-order valence-electron chi connectivity index (χ4n) is 9.86. The van der Waals surface area contributed by atoms with Crippen molar-refractivity contribution >= 4 is 75.2 Å². The van der Waals surface area contributed by atoms with Gasteiger partial charge in [-0.05, 0) is 106 Å². The number of imide groups is 2. The van der Waals surface area contributed by atoms with Crippen LogP contribution in [0.4, 0.5) is 17.1 Å². The van der Waals surface area contributed by atoms with Crippen LogP contribution in [0.25, 0.3) is 5.00 Å². The number of fused-ring (bicyclic) bond motifs is 4. The second-order valence-electron chi connectivity index (χ2n) is 17.6. The van der Waals surface area contributed by atoms with E-state index in [9.17, 15) is 24.0 Å². The van der Waals surface area contributed by atoms with E-state index in [2.05, 4.69) is 66.1 Å². The van der Waals surface area contributed by atoms with E-state index in [-0.39, 0.29) is 25.2 Å². The molecule has 3 saturated heterocycles. The van der Waals surface area contributed by atoms with Crippen LogP contribution in [0.5, 0.6) is 0 Å². The Morgan fingerprint density at radius 3 is 2.23 bits per heavy atom. The number of piperazine rings is 1. The summed E-state index contributed by atoms with van der Waals surface area (Å²) >= 11 is 7.96. The third-order valence-electron chi connectivity index (χ3n) is 13.5. The summed E-state index contributed by atoms with van der Waals surface area (Å²) in [5, 5.41) is 16.0. The van der Waals surface area contributed by atoms with Crippen LogP contribution in [-0.4, -0.2) is 112 Å². The van der Waals surface area contributed by atoms with Gasteiger partial charge in [-0.25, -0.2) is 0 Å². The van der Waals surface area contributed by atoms with Gasteiger partial charge in [-0.1, -0.05) is 23.7 Å². The number of carbonyl (C=O) groups is 5. The molecular weight excluding hydrogens is 864 g/mol. The minimum atomic E-state index is -0.976. The Morgan fingerprint density at radius 2 is 1.51 bits per heavy atom. The van der Waals surface area contributed by atoms with E-state index in [0.29, 0.717) is 27.9 Å². The van der Waals surface area contributed by atoms with E-state index in [0.717, 1.165) is 114 Å². The highest BCUT2D eigenvalue weighted by Crippen LogP contribution is 2.40. The van der Waals surface area contributed by atoms with Crippen molar-refractivity contribution in [2.45, 2.75) is 65.0 Å². The van der Waals surface area contributed by atoms with Crippen LogP contribution in [0.2, 0.25) is 5.02 Å². The van der Waals surface area contributed by atoms with Crippen molar-refractivity contribution in [1.82, 2.24) is 29.9 Å². The van der Waals surface area contributed by atoms with Crippen molar-refractivity contribution in [2.75, 3.05) is 60.9 Å². The molecule has 5 aliphatic rings. The van der Waals surface area contributed by atoms with E-state index in [1.54, 1.807) is 23.5 Å². The molecule has 0 radical (unpaired) electrons. The number of hydrogen-bond acceptors (Lipinski definition) is 12. The van der Waals surface area contributed by atoms with E-state index in [1.807, 2.05) is 49.4 Å². The van der Waals surface area contributed by atoms with Crippen molar-refractivity contribution in [3.05, 3.63) is 116 Å². The zero-order valence-electron chi connectivity index (χ0n) is 36.5. The van der Waals surface area contributed by atoms with Gasteiger partial charge in [-0.3, -0.25) is 48.6 Å². The molecule has 0 bridgehead atoms. The van der Waals surface area contributed by atoms with Crippen molar-refractivity contribution in [3.63, 3.8) is 0 Å². The van der Waals surface area contributed by atoms with E-state index < -0.39 is 35.7 Å². The Bertz CT molecular complexity index is 2770. The third-order valence-corrected chi connectivity index (χ3v) is 15.0. The van der Waals surface area contributed by atoms with Crippen LogP contribution in [-0.2, 0) is 14.4 Å². The maximum absolute atomic E-state index is 13.7. The average molecular weight is 914 g/mol. The van der Waals surface area contributed by atoms with Gasteiger partial charge in [0.2, 0.25) is 17.7 Å². The molecule has 0 aliphatic carbocycles. The van der Waals surface area contributed by atoms with Gasteiger partial charge >= 0.3 is 0 Å². The normalized spacial score (nSPS) is 20.3. The Morgan fingerprint density at radius 1 is 0.815 bits per heavy atom. The number of nitrogens with one attached hydrogen (secondary N) is 2. The number of rotatable bonds is 9. The van der Waals surface area contributed by atoms with Crippen LogP contribution >= 0.6 is 22.9 Å². The number of anilines is 3. The third kappa shape index (κ3) is 8.12. The van der Waals surface area contributed by atoms with Gasteiger partial charge < -0.3 is 15.1 Å². The lowest BCUT2D eigenvalue weighted by Gasteiger charge is -2.40. The van der Waals surface area contributed by atoms with E-state index >= 15 is 0 Å². The highest BCUT2D eigenvalue weighted by molar-refractivity contribution is 7.15. The van der Waals surface area contributed by atoms with Gasteiger partial charge in [0.25, 0.3) is 11.8 Å². The molecule has 65 heavy (non-hydrogen) atoms. The molecule has 2 N–H and O–H groups in total. The minimum Gasteiger partial charge on any atom is -0.372 e. The molecule has 2 atom stereocenters. The Balaban J connectivity index is 0.719. The first-order chi connectivity index (χ1) is 31.4. The molecule has 3 aromatic carbocycles. The highest BCUT2D eigenvalue weighted by Gasteiger charge is 2.45. The highest BCUT2D eigenvalue weighted by atomic mass is 35.5. The molecule has 3 fully saturated rings. The summed E-state index contributed by atoms with van der Waals surface area (Å²) in [4.78, 5) is 79.0. The van der Waals surface area contributed by atoms with Gasteiger partial charge in [0.05, 0.1) is 23.3 Å². The number of aromatic nitrogens is 3. The molecule has 10 rings (SSSR count). The summed E-state index contributed by atoms with van der Waals surface area (Å²) in [5.74, 6) is -0.168. The molecule has 5 aliphatic heterocycles. The molecule has 15 nitrogen and oxygen atoms in total. The Hall–Kier alpha value is -6.23. The van der Waals surface area contributed by atoms with Crippen molar-refractivity contribution in [2.24, 2.45) is 10.9 Å². The SMILES string of the molecule is Cc1sc2c(c1C)C(c1ccc(Cl)cc1)=N[C@@H](CC(=O)Nc1ccc(N3CCC(CN4CCN(c5ccc6c(c5)C(=O)N(C5CCC(=O)NC5=O)C6=O)CC4)CC3)cc1)c1nnc(C)n1-2. The Labute approximate surface area is 385 Å². The second kappa shape index (κ2) is 17.3. The number of aliphatic imine (C=N–C) groups is 1. The summed E-state index contributed by atoms with van der Waals surface area (Å²) in [6, 6.07) is 19.6. The van der Waals surface area contributed by atoms with Crippen LogP contribution in [0, 0.1) is 26.7 Å². The summed E-state index contributed by atoms with van der Waals surface area (Å²) in [5.41, 5.74) is 7.24. The maximum Gasteiger partial charge on any atom is 0.262 e. The lowest BCUT2D eigenvalue weighted by atomic mass is 9.95. The number of piperidine rings is 2. The zero-order chi connectivity index (χ0) is 45.1. The van der Waals surface area contributed by atoms with Crippen molar-refractivity contribution in [1.29, 1.82) is 0 Å². The van der Waals surface area contributed by atoms with Crippen LogP contribution in [0.1, 0.15) is 92.1 Å². The van der Waals surface area contributed by atoms with Crippen LogP contribution in [0.3, 0.4) is 0 Å². The monoisotopic (exact) mass is 912 g/mol. The first-order valence-corrected chi connectivity index (χ1v) is 23.4. The zero-order valence-corrected chi connectivity index (χ0v) is 38.0. The number of halogens is 1. The molecule has 0 saturated carbocycles. The molecule has 0 spiro atoms. The molecular formula is C48H49ClN10O5S. The maximum atomic E-state index is 13.7. The van der Waals surface area contributed by atoms with Crippen molar-refractivity contribution < 1.29 is 24.0 Å². The standard InChI is InChI=1S/C48H49ClN10O5S/c1-27-28(2)65-48-42(27)43(31-4-6-32(49)7-5-31)51-38(44-54-53-29(3)58(44)48)25-41(61)50-33-8-10-34(11-9-33)56-18-16-30(17-19-56)26-55-20-22-57(23-21-55)35-12-13-36-37(24-35)47(64)59(46(36)63)39-14-15-40(60)52-45(39)62/h4-13,24,30,38-39H,14-23,25-26H2,1-3H3,(H,50,61)(H,52,60,62)/t38-,39?/m0/s1. The van der Waals surface area contributed by atoms with Gasteiger partial charge in [0, 0.05) is 90.3 Å². The fourth-order valence-corrected chi connectivity index (χ4v) is 11.2. The minimum absolute atomic E-state index is 0.0900. The first kappa shape index (κ1) is 42.7. The molecule has 7 heterocycles. The number of nitrogens with zero attached hydrogens (tertiary/aromatic N) is 8. The van der Waals surface area contributed by atoms with E-state index in [4.69, 9.17) is 16.6 Å². The van der Waals surface area contributed by atoms with Crippen molar-refractivity contribution in [3.8, 4) is 5.00 Å². The lowest BCUT2D eigenvalue weighted by molar-refractivity contribution is -0.136. The van der Waals surface area contributed by atoms with Gasteiger partial charge in [-0.15, -0.1) is 21.5 Å². The number of benzene rings is 3. The molecule has 1 unspecified atom stereocenters. The number of thiophene rings is 1. The summed E-state index contributed by atoms with van der Waals surface area (Å²) in [6.07, 6.45) is 2.48. The predicted molar refractivity (Wildman–Crippen MR) is 250 cm³/mol. The average Bonchev–Trinajstić information content (AvgIpc) is 3.88. The lowest BCUT2D eigenvalue weighted by Crippen LogP contribution is -2.54. The molecule has 2 aromatic heterocycles. The summed E-state index contributed by atoms with van der Waals surface area (Å²) in [7, 11) is 0. The smallest absolute Gasteiger partial charge is 0.262 e. The van der Waals surface area contributed by atoms with Gasteiger partial charge in [0.1, 0.15) is 22.9 Å². The number of hydrogen-bond donors (Lipinski definition) is 2. The number of amides is 5. The van der Waals surface area contributed by atoms with Crippen LogP contribution in [0.15, 0.2) is 71.7 Å². The predicted octanol–water partition coefficient (Wildman–Crippen LogP) is 6.27. The largest absolute Gasteiger partial charge is 0.372 e. The van der Waals surface area contributed by atoms with Crippen LogP contribution < -0.4 is 20.4 Å². The van der Waals surface area contributed by atoms with Gasteiger partial charge in [-0.2, -0.15) is 0 Å². The summed E-state index contributed by atoms with van der Waals surface area (Å²) < 4.78 is 2.05. The Kier molecular flexibility index (Phi) is 11.4. The summed E-state index contributed by atoms with van der Waals surface area (Å²) in [6.45, 7) is 12.5.